The number of likely N-dealkylation sites (tertiary alicyclic amines) is 1. The molecule has 1 fully saturated rings. The fraction of sp³-hybridized carbons (Fsp3) is 0.938. The molecule has 1 aliphatic heterocycles. The number of nitrogens with one attached hydrogen (secondary N) is 2. The van der Waals surface area contributed by atoms with Gasteiger partial charge in [0, 0.05) is 13.2 Å². The average Bonchev–Trinajstić information content (AvgIpc) is 2.46. The number of carbonyl (C=O) groups excluding carboxylic acids is 1. The van der Waals surface area contributed by atoms with Gasteiger partial charge >= 0.3 is 0 Å². The Labute approximate surface area is 129 Å². The molecule has 1 aliphatic rings. The van der Waals surface area contributed by atoms with E-state index in [9.17, 15) is 4.79 Å². The average molecular weight is 299 g/mol. The van der Waals surface area contributed by atoms with E-state index in [1.165, 1.54) is 12.8 Å². The van der Waals surface area contributed by atoms with Crippen molar-refractivity contribution in [2.45, 2.75) is 46.1 Å². The van der Waals surface area contributed by atoms with Gasteiger partial charge in [0.25, 0.3) is 0 Å². The Morgan fingerprint density at radius 3 is 2.67 bits per heavy atom. The molecule has 1 amide bonds. The third kappa shape index (κ3) is 9.06. The summed E-state index contributed by atoms with van der Waals surface area (Å²) >= 11 is 0. The number of rotatable bonds is 10. The largest absolute Gasteiger partial charge is 0.379 e. The molecule has 0 saturated carbocycles. The molecule has 1 heterocycles. The fourth-order valence-electron chi connectivity index (χ4n) is 2.58. The second kappa shape index (κ2) is 11.0. The highest BCUT2D eigenvalue weighted by molar-refractivity contribution is 5.77. The van der Waals surface area contributed by atoms with Gasteiger partial charge in [-0.2, -0.15) is 0 Å². The van der Waals surface area contributed by atoms with Gasteiger partial charge in [-0.1, -0.05) is 6.92 Å². The first kappa shape index (κ1) is 18.4. The van der Waals surface area contributed by atoms with Crippen LogP contribution >= 0.6 is 0 Å². The highest BCUT2D eigenvalue weighted by Gasteiger charge is 2.20. The van der Waals surface area contributed by atoms with E-state index >= 15 is 0 Å². The van der Waals surface area contributed by atoms with Gasteiger partial charge in [-0.15, -0.1) is 0 Å². The normalized spacial score (nSPS) is 17.3. The molecular weight excluding hydrogens is 266 g/mol. The van der Waals surface area contributed by atoms with Gasteiger partial charge in [-0.3, -0.25) is 9.69 Å². The monoisotopic (exact) mass is 299 g/mol. The van der Waals surface area contributed by atoms with Crippen LogP contribution in [0.3, 0.4) is 0 Å². The molecule has 5 heteroatoms. The van der Waals surface area contributed by atoms with Gasteiger partial charge in [0.2, 0.25) is 5.91 Å². The predicted octanol–water partition coefficient (Wildman–Crippen LogP) is 1.24. The Kier molecular flexibility index (Phi) is 9.63. The maximum atomic E-state index is 11.9. The Morgan fingerprint density at radius 1 is 1.33 bits per heavy atom. The number of piperidine rings is 1. The summed E-state index contributed by atoms with van der Waals surface area (Å²) < 4.78 is 5.45. The highest BCUT2D eigenvalue weighted by atomic mass is 16.5. The van der Waals surface area contributed by atoms with Gasteiger partial charge in [-0.25, -0.2) is 0 Å². The molecule has 21 heavy (non-hydrogen) atoms. The van der Waals surface area contributed by atoms with Crippen LogP contribution in [0.1, 0.15) is 40.0 Å². The van der Waals surface area contributed by atoms with Crippen LogP contribution in [0.15, 0.2) is 0 Å². The summed E-state index contributed by atoms with van der Waals surface area (Å²) in [5.41, 5.74) is 0. The molecular formula is C16H33N3O2. The van der Waals surface area contributed by atoms with Crippen LogP contribution < -0.4 is 10.6 Å². The maximum Gasteiger partial charge on any atom is 0.234 e. The van der Waals surface area contributed by atoms with Gasteiger partial charge in [0.05, 0.1) is 12.6 Å². The molecule has 2 N–H and O–H groups in total. The fourth-order valence-corrected chi connectivity index (χ4v) is 2.58. The minimum Gasteiger partial charge on any atom is -0.379 e. The van der Waals surface area contributed by atoms with E-state index in [0.29, 0.717) is 19.7 Å². The van der Waals surface area contributed by atoms with E-state index in [-0.39, 0.29) is 12.0 Å². The first-order chi connectivity index (χ1) is 10.1. The van der Waals surface area contributed by atoms with Crippen LogP contribution in [0.5, 0.6) is 0 Å². The molecule has 0 aromatic rings. The molecule has 0 atom stereocenters. The number of carbonyl (C=O) groups is 1. The standard InChI is InChI=1S/C16H33N3O2/c1-4-17-12-15-6-9-19(10-7-15)13-16(20)18-8-5-11-21-14(2)3/h14-15,17H,4-13H2,1-3H3,(H,18,20). The van der Waals surface area contributed by atoms with E-state index < -0.39 is 0 Å². The lowest BCUT2D eigenvalue weighted by molar-refractivity contribution is -0.122. The van der Waals surface area contributed by atoms with Crippen LogP contribution in [0.25, 0.3) is 0 Å². The van der Waals surface area contributed by atoms with Crippen molar-refractivity contribution >= 4 is 5.91 Å². The Bertz CT molecular complexity index is 277. The number of nitrogens with zero attached hydrogens (tertiary/aromatic N) is 1. The van der Waals surface area contributed by atoms with Crippen LogP contribution in [-0.2, 0) is 9.53 Å². The SMILES string of the molecule is CCNCC1CCN(CC(=O)NCCCOC(C)C)CC1. The van der Waals surface area contributed by atoms with Crippen LogP contribution in [-0.4, -0.2) is 62.8 Å². The number of ether oxygens (including phenoxy) is 1. The summed E-state index contributed by atoms with van der Waals surface area (Å²) in [6, 6.07) is 0. The third-order valence-corrected chi connectivity index (χ3v) is 3.85. The highest BCUT2D eigenvalue weighted by Crippen LogP contribution is 2.15. The summed E-state index contributed by atoms with van der Waals surface area (Å²) in [6.07, 6.45) is 3.55. The van der Waals surface area contributed by atoms with Gasteiger partial charge in [0.1, 0.15) is 0 Å². The lowest BCUT2D eigenvalue weighted by Gasteiger charge is -2.31. The summed E-state index contributed by atoms with van der Waals surface area (Å²) in [7, 11) is 0. The van der Waals surface area contributed by atoms with E-state index in [0.717, 1.165) is 38.5 Å². The number of amides is 1. The quantitative estimate of drug-likeness (QED) is 0.596. The van der Waals surface area contributed by atoms with Crippen molar-refractivity contribution in [1.29, 1.82) is 0 Å². The van der Waals surface area contributed by atoms with Crippen LogP contribution in [0.4, 0.5) is 0 Å². The molecule has 5 nitrogen and oxygen atoms in total. The summed E-state index contributed by atoms with van der Waals surface area (Å²) in [5.74, 6) is 0.919. The molecule has 124 valence electrons. The number of hydrogen-bond donors (Lipinski definition) is 2. The predicted molar refractivity (Wildman–Crippen MR) is 86.4 cm³/mol. The first-order valence-corrected chi connectivity index (χ1v) is 8.43. The molecule has 0 aromatic carbocycles. The van der Waals surface area contributed by atoms with E-state index in [1.807, 2.05) is 13.8 Å². The smallest absolute Gasteiger partial charge is 0.234 e. The Balaban J connectivity index is 2.02. The zero-order valence-corrected chi connectivity index (χ0v) is 14.0. The minimum atomic E-state index is 0.143. The van der Waals surface area contributed by atoms with Crippen molar-refractivity contribution in [2.24, 2.45) is 5.92 Å². The van der Waals surface area contributed by atoms with Crippen molar-refractivity contribution in [1.82, 2.24) is 15.5 Å². The molecule has 0 radical (unpaired) electrons. The summed E-state index contributed by atoms with van der Waals surface area (Å²) in [4.78, 5) is 14.1. The lowest BCUT2D eigenvalue weighted by Crippen LogP contribution is -2.43. The van der Waals surface area contributed by atoms with Crippen molar-refractivity contribution < 1.29 is 9.53 Å². The molecule has 0 bridgehead atoms. The topological polar surface area (TPSA) is 53.6 Å². The lowest BCUT2D eigenvalue weighted by atomic mass is 9.97. The van der Waals surface area contributed by atoms with Crippen molar-refractivity contribution in [2.75, 3.05) is 45.9 Å². The van der Waals surface area contributed by atoms with Crippen molar-refractivity contribution in [3.05, 3.63) is 0 Å². The van der Waals surface area contributed by atoms with Crippen LogP contribution in [0, 0.1) is 5.92 Å². The summed E-state index contributed by atoms with van der Waals surface area (Å²) in [6.45, 7) is 12.4. The number of hydrogen-bond acceptors (Lipinski definition) is 4. The zero-order valence-electron chi connectivity index (χ0n) is 14.0. The van der Waals surface area contributed by atoms with Gasteiger partial charge in [-0.05, 0) is 65.2 Å². The van der Waals surface area contributed by atoms with Crippen molar-refractivity contribution in [3.8, 4) is 0 Å². The Morgan fingerprint density at radius 2 is 2.05 bits per heavy atom. The van der Waals surface area contributed by atoms with E-state index in [2.05, 4.69) is 22.5 Å². The molecule has 1 saturated heterocycles. The first-order valence-electron chi connectivity index (χ1n) is 8.43. The van der Waals surface area contributed by atoms with Crippen LogP contribution in [0.2, 0.25) is 0 Å². The zero-order chi connectivity index (χ0) is 15.5. The second-order valence-electron chi connectivity index (χ2n) is 6.15. The molecule has 0 aliphatic carbocycles. The molecule has 0 spiro atoms. The molecule has 0 aromatic heterocycles. The van der Waals surface area contributed by atoms with Gasteiger partial charge in [0.15, 0.2) is 0 Å². The summed E-state index contributed by atoms with van der Waals surface area (Å²) in [5, 5.41) is 6.39. The second-order valence-corrected chi connectivity index (χ2v) is 6.15. The van der Waals surface area contributed by atoms with E-state index in [4.69, 9.17) is 4.74 Å². The minimum absolute atomic E-state index is 0.143. The Hall–Kier alpha value is -0.650. The molecule has 1 rings (SSSR count). The molecule has 0 unspecified atom stereocenters. The van der Waals surface area contributed by atoms with E-state index in [1.54, 1.807) is 0 Å². The third-order valence-electron chi connectivity index (χ3n) is 3.85. The maximum absolute atomic E-state index is 11.9. The van der Waals surface area contributed by atoms with Gasteiger partial charge < -0.3 is 15.4 Å². The van der Waals surface area contributed by atoms with Crippen molar-refractivity contribution in [3.63, 3.8) is 0 Å².